The Kier molecular flexibility index (Phi) is 4.42. The third kappa shape index (κ3) is 3.69. The van der Waals surface area contributed by atoms with Gasteiger partial charge < -0.3 is 5.32 Å². The monoisotopic (exact) mass is 374 g/mol. The predicted molar refractivity (Wildman–Crippen MR) is 78.4 cm³/mol. The molecule has 1 aromatic carbocycles. The first-order chi connectivity index (χ1) is 8.15. The first-order valence-electron chi connectivity index (χ1n) is 4.94. The first-order valence-corrected chi connectivity index (χ1v) is 6.91. The third-order valence-corrected chi connectivity index (χ3v) is 3.54. The summed E-state index contributed by atoms with van der Waals surface area (Å²) in [6.45, 7) is 0.674. The molecule has 88 valence electrons. The standard InChI is InChI=1S/C12H9Br2ClN2/c13-8-1-3-10(16-6-8)7-17-12-4-2-9(15)5-11(12)14/h1-6,17H,7H2. The van der Waals surface area contributed by atoms with E-state index in [-0.39, 0.29) is 0 Å². The average Bonchev–Trinajstić information content (AvgIpc) is 2.30. The van der Waals surface area contributed by atoms with Gasteiger partial charge in [0.2, 0.25) is 0 Å². The maximum absolute atomic E-state index is 5.88. The Morgan fingerprint density at radius 3 is 2.65 bits per heavy atom. The minimum Gasteiger partial charge on any atom is -0.378 e. The molecular formula is C12H9Br2ClN2. The van der Waals surface area contributed by atoms with Crippen LogP contribution in [0.3, 0.4) is 0 Å². The highest BCUT2D eigenvalue weighted by Crippen LogP contribution is 2.26. The SMILES string of the molecule is Clc1ccc(NCc2ccc(Br)cn2)c(Br)c1. The van der Waals surface area contributed by atoms with E-state index in [1.807, 2.05) is 30.3 Å². The molecule has 0 atom stereocenters. The number of halogens is 3. The number of nitrogens with one attached hydrogen (secondary N) is 1. The molecule has 2 rings (SSSR count). The van der Waals surface area contributed by atoms with Gasteiger partial charge in [-0.05, 0) is 62.2 Å². The van der Waals surface area contributed by atoms with Crippen molar-refractivity contribution in [3.8, 4) is 0 Å². The number of rotatable bonds is 3. The summed E-state index contributed by atoms with van der Waals surface area (Å²) in [4.78, 5) is 4.29. The second kappa shape index (κ2) is 5.85. The van der Waals surface area contributed by atoms with Crippen molar-refractivity contribution in [1.82, 2.24) is 4.98 Å². The molecule has 2 aromatic rings. The van der Waals surface area contributed by atoms with E-state index in [0.717, 1.165) is 20.3 Å². The molecule has 0 radical (unpaired) electrons. The molecule has 0 saturated carbocycles. The lowest BCUT2D eigenvalue weighted by Gasteiger charge is -2.08. The van der Waals surface area contributed by atoms with E-state index in [4.69, 9.17) is 11.6 Å². The summed E-state index contributed by atoms with van der Waals surface area (Å²) in [6.07, 6.45) is 1.79. The number of hydrogen-bond donors (Lipinski definition) is 1. The van der Waals surface area contributed by atoms with Crippen LogP contribution in [0.15, 0.2) is 45.5 Å². The summed E-state index contributed by atoms with van der Waals surface area (Å²) in [5, 5.41) is 4.00. The van der Waals surface area contributed by atoms with E-state index < -0.39 is 0 Å². The number of pyridine rings is 1. The molecule has 0 aliphatic rings. The molecule has 0 unspecified atom stereocenters. The molecule has 0 amide bonds. The van der Waals surface area contributed by atoms with Crippen molar-refractivity contribution in [1.29, 1.82) is 0 Å². The minimum atomic E-state index is 0.674. The van der Waals surface area contributed by atoms with Crippen molar-refractivity contribution in [3.63, 3.8) is 0 Å². The maximum atomic E-state index is 5.88. The van der Waals surface area contributed by atoms with Crippen molar-refractivity contribution in [3.05, 3.63) is 56.2 Å². The quantitative estimate of drug-likeness (QED) is 0.826. The second-order valence-corrected chi connectivity index (χ2v) is 5.65. The maximum Gasteiger partial charge on any atom is 0.0595 e. The Bertz CT molecular complexity index is 514. The molecule has 0 aliphatic heterocycles. The van der Waals surface area contributed by atoms with Crippen LogP contribution < -0.4 is 5.32 Å². The molecule has 17 heavy (non-hydrogen) atoms. The van der Waals surface area contributed by atoms with E-state index in [1.54, 1.807) is 6.20 Å². The van der Waals surface area contributed by atoms with Crippen LogP contribution >= 0.6 is 43.5 Å². The largest absolute Gasteiger partial charge is 0.378 e. The Hall–Kier alpha value is -0.580. The summed E-state index contributed by atoms with van der Waals surface area (Å²) in [5.74, 6) is 0. The zero-order valence-corrected chi connectivity index (χ0v) is 12.7. The number of benzene rings is 1. The van der Waals surface area contributed by atoms with Crippen molar-refractivity contribution in [2.24, 2.45) is 0 Å². The summed E-state index contributed by atoms with van der Waals surface area (Å²) in [6, 6.07) is 9.59. The van der Waals surface area contributed by atoms with Crippen LogP contribution in [0.4, 0.5) is 5.69 Å². The van der Waals surface area contributed by atoms with E-state index in [2.05, 4.69) is 42.2 Å². The zero-order chi connectivity index (χ0) is 12.3. The second-order valence-electron chi connectivity index (χ2n) is 3.45. The number of nitrogens with zero attached hydrogens (tertiary/aromatic N) is 1. The van der Waals surface area contributed by atoms with E-state index >= 15 is 0 Å². The van der Waals surface area contributed by atoms with Gasteiger partial charge in [-0.2, -0.15) is 0 Å². The van der Waals surface area contributed by atoms with Gasteiger partial charge in [-0.1, -0.05) is 11.6 Å². The fraction of sp³-hybridized carbons (Fsp3) is 0.0833. The van der Waals surface area contributed by atoms with E-state index in [9.17, 15) is 0 Å². The molecule has 0 spiro atoms. The van der Waals surface area contributed by atoms with Gasteiger partial charge in [0.15, 0.2) is 0 Å². The van der Waals surface area contributed by atoms with Crippen LogP contribution in [0.5, 0.6) is 0 Å². The average molecular weight is 376 g/mol. The highest BCUT2D eigenvalue weighted by atomic mass is 79.9. The molecule has 0 saturated heterocycles. The molecular weight excluding hydrogens is 367 g/mol. The summed E-state index contributed by atoms with van der Waals surface area (Å²) >= 11 is 12.7. The fourth-order valence-corrected chi connectivity index (χ4v) is 2.39. The topological polar surface area (TPSA) is 24.9 Å². The smallest absolute Gasteiger partial charge is 0.0595 e. The van der Waals surface area contributed by atoms with E-state index in [1.165, 1.54) is 0 Å². The van der Waals surface area contributed by atoms with Gasteiger partial charge >= 0.3 is 0 Å². The van der Waals surface area contributed by atoms with Crippen molar-refractivity contribution < 1.29 is 0 Å². The first kappa shape index (κ1) is 12.9. The van der Waals surface area contributed by atoms with Gasteiger partial charge in [-0.25, -0.2) is 0 Å². The Morgan fingerprint density at radius 1 is 1.18 bits per heavy atom. The van der Waals surface area contributed by atoms with Crippen LogP contribution in [0.2, 0.25) is 5.02 Å². The third-order valence-electron chi connectivity index (χ3n) is 2.18. The molecule has 1 N–H and O–H groups in total. The van der Waals surface area contributed by atoms with E-state index in [0.29, 0.717) is 11.6 Å². The van der Waals surface area contributed by atoms with Gasteiger partial charge in [0, 0.05) is 25.9 Å². The Balaban J connectivity index is 2.04. The normalized spacial score (nSPS) is 10.3. The lowest BCUT2D eigenvalue weighted by molar-refractivity contribution is 1.04. The highest BCUT2D eigenvalue weighted by molar-refractivity contribution is 9.10. The molecule has 5 heteroatoms. The Labute approximate surface area is 122 Å². The number of hydrogen-bond acceptors (Lipinski definition) is 2. The van der Waals surface area contributed by atoms with Crippen molar-refractivity contribution in [2.45, 2.75) is 6.54 Å². The molecule has 2 nitrogen and oxygen atoms in total. The molecule has 1 heterocycles. The predicted octanol–water partition coefficient (Wildman–Crippen LogP) is 4.87. The minimum absolute atomic E-state index is 0.674. The van der Waals surface area contributed by atoms with Crippen LogP contribution in [-0.2, 0) is 6.54 Å². The molecule has 0 aliphatic carbocycles. The van der Waals surface area contributed by atoms with Gasteiger partial charge in [0.1, 0.15) is 0 Å². The Morgan fingerprint density at radius 2 is 2.00 bits per heavy atom. The summed E-state index contributed by atoms with van der Waals surface area (Å²) in [5.41, 5.74) is 1.98. The fourth-order valence-electron chi connectivity index (χ4n) is 1.33. The number of anilines is 1. The van der Waals surface area contributed by atoms with Crippen LogP contribution in [0.25, 0.3) is 0 Å². The summed E-state index contributed by atoms with van der Waals surface area (Å²) in [7, 11) is 0. The van der Waals surface area contributed by atoms with Gasteiger partial charge in [-0.15, -0.1) is 0 Å². The van der Waals surface area contributed by atoms with Crippen LogP contribution in [0.1, 0.15) is 5.69 Å². The number of aromatic nitrogens is 1. The van der Waals surface area contributed by atoms with Gasteiger partial charge in [0.25, 0.3) is 0 Å². The van der Waals surface area contributed by atoms with Crippen LogP contribution in [0, 0.1) is 0 Å². The lowest BCUT2D eigenvalue weighted by Crippen LogP contribution is -2.01. The highest BCUT2D eigenvalue weighted by Gasteiger charge is 2.01. The van der Waals surface area contributed by atoms with Gasteiger partial charge in [-0.3, -0.25) is 4.98 Å². The molecule has 1 aromatic heterocycles. The van der Waals surface area contributed by atoms with Gasteiger partial charge in [0.05, 0.1) is 12.2 Å². The van der Waals surface area contributed by atoms with Crippen molar-refractivity contribution in [2.75, 3.05) is 5.32 Å². The molecule has 0 fully saturated rings. The summed E-state index contributed by atoms with van der Waals surface area (Å²) < 4.78 is 1.93. The zero-order valence-electron chi connectivity index (χ0n) is 8.75. The van der Waals surface area contributed by atoms with Crippen LogP contribution in [-0.4, -0.2) is 4.98 Å². The molecule has 0 bridgehead atoms. The lowest BCUT2D eigenvalue weighted by atomic mass is 10.3. The van der Waals surface area contributed by atoms with Crippen molar-refractivity contribution >= 4 is 49.1 Å².